The number of aromatic hydroxyl groups is 1. The SMILES string of the molecule is CCC(C)CC(C)CCCCCCCCC(=O)N[C@H]1CC(O)C(O)NC(=O)[C@@H]2C(O)CCN2C(=O)[C@H](C(O)CC(N)=O)NC(=O)[C@H](C(O)C(O)c2ccc(O)cc2)NC(=O)[C@@H]2CC(O)CN2C(=O)[C@H]([C@@H](C)O)NC1=O. The van der Waals surface area contributed by atoms with E-state index >= 15 is 0 Å². The first-order valence-corrected chi connectivity index (χ1v) is 26.0. The molecule has 25 nitrogen and oxygen atoms in total. The number of nitrogens with zero attached hydrogens (tertiary/aromatic N) is 2. The van der Waals surface area contributed by atoms with E-state index in [0.29, 0.717) is 29.6 Å². The van der Waals surface area contributed by atoms with Crippen molar-refractivity contribution in [1.82, 2.24) is 36.4 Å². The number of phenols is 1. The largest absolute Gasteiger partial charge is 0.508 e. The van der Waals surface area contributed by atoms with Crippen LogP contribution in [-0.2, 0) is 38.4 Å². The van der Waals surface area contributed by atoms with E-state index in [4.69, 9.17) is 5.73 Å². The van der Waals surface area contributed by atoms with Crippen LogP contribution in [0.4, 0.5) is 0 Å². The van der Waals surface area contributed by atoms with Crippen LogP contribution in [-0.4, -0.2) is 195 Å². The van der Waals surface area contributed by atoms with Crippen molar-refractivity contribution in [2.24, 2.45) is 17.6 Å². The van der Waals surface area contributed by atoms with Crippen molar-refractivity contribution in [2.45, 2.75) is 203 Å². The van der Waals surface area contributed by atoms with Gasteiger partial charge in [-0.25, -0.2) is 0 Å². The molecule has 25 heteroatoms. The lowest BCUT2D eigenvalue weighted by Crippen LogP contribution is -2.64. The van der Waals surface area contributed by atoms with Gasteiger partial charge in [0.2, 0.25) is 47.3 Å². The summed E-state index contributed by atoms with van der Waals surface area (Å²) in [6.45, 7) is 6.76. The number of phenolic OH excluding ortho intramolecular Hbond substituents is 1. The summed E-state index contributed by atoms with van der Waals surface area (Å²) in [6, 6.07) is -7.37. The first-order chi connectivity index (χ1) is 35.3. The second kappa shape index (κ2) is 29.1. The van der Waals surface area contributed by atoms with E-state index in [2.05, 4.69) is 47.4 Å². The Bertz CT molecular complexity index is 2100. The number of aliphatic hydroxyl groups is 8. The second-order valence-electron chi connectivity index (χ2n) is 20.6. The number of unbranched alkanes of at least 4 members (excludes halogenated alkanes) is 5. The molecular formula is C50H80N8O17. The van der Waals surface area contributed by atoms with Crippen LogP contribution < -0.4 is 32.3 Å². The van der Waals surface area contributed by atoms with Crippen LogP contribution in [0.5, 0.6) is 5.75 Å². The van der Waals surface area contributed by atoms with Crippen LogP contribution in [0.1, 0.15) is 129 Å². The molecule has 3 fully saturated rings. The summed E-state index contributed by atoms with van der Waals surface area (Å²) in [6.07, 6.45) is -10.2. The van der Waals surface area contributed by atoms with Gasteiger partial charge in [0.25, 0.3) is 0 Å². The molecule has 16 atom stereocenters. The number of fused-ring (bicyclic) bond motifs is 2. The van der Waals surface area contributed by atoms with Crippen molar-refractivity contribution in [1.29, 1.82) is 0 Å². The molecule has 0 spiro atoms. The maximum Gasteiger partial charge on any atom is 0.248 e. The fourth-order valence-electron chi connectivity index (χ4n) is 9.79. The normalized spacial score (nSPS) is 29.0. The molecule has 3 saturated heterocycles. The molecule has 8 amide bonds. The number of benzene rings is 1. The summed E-state index contributed by atoms with van der Waals surface area (Å²) in [5.41, 5.74) is 5.21. The van der Waals surface area contributed by atoms with Crippen LogP contribution in [0.2, 0.25) is 0 Å². The van der Waals surface area contributed by atoms with E-state index in [-0.39, 0.29) is 24.2 Å². The molecule has 0 radical (unpaired) electrons. The van der Waals surface area contributed by atoms with Crippen LogP contribution >= 0.6 is 0 Å². The molecule has 75 heavy (non-hydrogen) atoms. The Morgan fingerprint density at radius 1 is 0.720 bits per heavy atom. The van der Waals surface area contributed by atoms with Gasteiger partial charge in [0, 0.05) is 32.4 Å². The molecule has 422 valence electrons. The summed E-state index contributed by atoms with van der Waals surface area (Å²) >= 11 is 0. The maximum atomic E-state index is 14.4. The Kier molecular flexibility index (Phi) is 24.1. The number of hydrogen-bond acceptors (Lipinski definition) is 17. The Labute approximate surface area is 436 Å². The number of nitrogens with one attached hydrogen (secondary N) is 5. The van der Waals surface area contributed by atoms with E-state index in [1.165, 1.54) is 6.42 Å². The van der Waals surface area contributed by atoms with Crippen molar-refractivity contribution in [3.05, 3.63) is 29.8 Å². The number of hydrogen-bond donors (Lipinski definition) is 15. The van der Waals surface area contributed by atoms with Crippen molar-refractivity contribution < 1.29 is 84.3 Å². The first-order valence-electron chi connectivity index (χ1n) is 26.0. The quantitative estimate of drug-likeness (QED) is 0.0568. The maximum absolute atomic E-state index is 14.4. The molecule has 3 heterocycles. The standard InChI is InChI=1S/C50H80N8O17/c1-5-25(2)20-26(3)12-10-8-6-7-9-11-13-37(66)52-31-22-35(64)46(71)56-48(73)41-33(62)18-19-57(41)50(75)39(34(63)23-36(51)65)54-47(72)40(43(68)42(67)28-14-16-29(60)17-15-28)55-45(70)32-21-30(61)24-58(32)49(74)38(27(4)59)53-44(31)69/h14-17,25-27,30-35,38-43,46,59-64,67-68,71H,5-13,18-24H2,1-4H3,(H2,51,65)(H,52,66)(H,53,69)(H,54,72)(H,55,70)(H,56,73)/t25?,26?,27-,30?,31+,32+,33?,34?,35?,38+,39+,40+,41+,42?,43?,46?/m1/s1. The topological polar surface area (TPSA) is 411 Å². The monoisotopic (exact) mass is 1060 g/mol. The lowest BCUT2D eigenvalue weighted by Gasteiger charge is -2.34. The molecule has 3 aliphatic rings. The average molecular weight is 1070 g/mol. The number of carbonyl (C=O) groups excluding carboxylic acids is 8. The number of aliphatic hydroxyl groups excluding tert-OH is 8. The van der Waals surface area contributed by atoms with Crippen LogP contribution in [0.3, 0.4) is 0 Å². The van der Waals surface area contributed by atoms with E-state index in [9.17, 15) is 84.3 Å². The van der Waals surface area contributed by atoms with Crippen molar-refractivity contribution in [2.75, 3.05) is 13.1 Å². The van der Waals surface area contributed by atoms with Crippen molar-refractivity contribution in [3.63, 3.8) is 0 Å². The molecule has 1 aromatic carbocycles. The smallest absolute Gasteiger partial charge is 0.248 e. The zero-order valence-corrected chi connectivity index (χ0v) is 43.1. The van der Waals surface area contributed by atoms with Crippen LogP contribution in [0.15, 0.2) is 24.3 Å². The highest BCUT2D eigenvalue weighted by atomic mass is 16.3. The molecule has 3 aliphatic heterocycles. The predicted molar refractivity (Wildman–Crippen MR) is 265 cm³/mol. The fourth-order valence-corrected chi connectivity index (χ4v) is 9.79. The van der Waals surface area contributed by atoms with E-state index in [1.54, 1.807) is 0 Å². The van der Waals surface area contributed by atoms with Gasteiger partial charge in [-0.1, -0.05) is 77.8 Å². The number of nitrogens with two attached hydrogens (primary N) is 1. The molecule has 0 aliphatic carbocycles. The third kappa shape index (κ3) is 17.8. The number of carbonyl (C=O) groups is 8. The summed E-state index contributed by atoms with van der Waals surface area (Å²) in [5, 5.41) is 110. The lowest BCUT2D eigenvalue weighted by atomic mass is 9.91. The van der Waals surface area contributed by atoms with Gasteiger partial charge in [-0.3, -0.25) is 38.4 Å². The van der Waals surface area contributed by atoms with Gasteiger partial charge in [-0.05, 0) is 55.7 Å². The zero-order chi connectivity index (χ0) is 55.8. The predicted octanol–water partition coefficient (Wildman–Crippen LogP) is -3.34. The number of primary amides is 1. The molecule has 16 N–H and O–H groups in total. The lowest BCUT2D eigenvalue weighted by molar-refractivity contribution is -0.149. The minimum atomic E-state index is -2.36. The van der Waals surface area contributed by atoms with Crippen LogP contribution in [0.25, 0.3) is 0 Å². The van der Waals surface area contributed by atoms with Crippen LogP contribution in [0, 0.1) is 11.8 Å². The Morgan fingerprint density at radius 2 is 1.32 bits per heavy atom. The summed E-state index contributed by atoms with van der Waals surface area (Å²) < 4.78 is 0. The Morgan fingerprint density at radius 3 is 1.95 bits per heavy atom. The summed E-state index contributed by atoms with van der Waals surface area (Å²) in [4.78, 5) is 112. The average Bonchev–Trinajstić information content (AvgIpc) is 3.95. The van der Waals surface area contributed by atoms with Crippen molar-refractivity contribution >= 4 is 47.3 Å². The second-order valence-corrected chi connectivity index (χ2v) is 20.6. The highest BCUT2D eigenvalue weighted by Crippen LogP contribution is 2.27. The van der Waals surface area contributed by atoms with Gasteiger partial charge in [0.15, 0.2) is 6.23 Å². The van der Waals surface area contributed by atoms with E-state index in [0.717, 1.165) is 74.6 Å². The summed E-state index contributed by atoms with van der Waals surface area (Å²) in [7, 11) is 0. The highest BCUT2D eigenvalue weighted by molar-refractivity contribution is 5.98. The fraction of sp³-hybridized carbons (Fsp3) is 0.720. The first kappa shape index (κ1) is 62.0. The van der Waals surface area contributed by atoms with Gasteiger partial charge in [0.1, 0.15) is 60.3 Å². The van der Waals surface area contributed by atoms with Gasteiger partial charge in [-0.2, -0.15) is 0 Å². The molecular weight excluding hydrogens is 985 g/mol. The minimum absolute atomic E-state index is 0.0795. The number of rotatable bonds is 20. The van der Waals surface area contributed by atoms with E-state index < -0.39 is 165 Å². The van der Waals surface area contributed by atoms with E-state index in [1.807, 2.05) is 0 Å². The molecule has 0 aromatic heterocycles. The van der Waals surface area contributed by atoms with Gasteiger partial charge in [0.05, 0.1) is 30.8 Å². The Hall–Kier alpha value is -5.54. The molecule has 9 unspecified atom stereocenters. The Balaban J connectivity index is 1.69. The van der Waals surface area contributed by atoms with Gasteiger partial charge >= 0.3 is 0 Å². The van der Waals surface area contributed by atoms with Crippen molar-refractivity contribution in [3.8, 4) is 5.75 Å². The minimum Gasteiger partial charge on any atom is -0.508 e. The number of amides is 8. The summed E-state index contributed by atoms with van der Waals surface area (Å²) in [5.74, 6) is -8.59. The molecule has 0 saturated carbocycles. The molecule has 1 aromatic rings. The molecule has 4 rings (SSSR count). The molecule has 0 bridgehead atoms. The third-order valence-corrected chi connectivity index (χ3v) is 14.3. The van der Waals surface area contributed by atoms with Gasteiger partial charge in [-0.15, -0.1) is 0 Å². The third-order valence-electron chi connectivity index (χ3n) is 14.3. The van der Waals surface area contributed by atoms with Gasteiger partial charge < -0.3 is 88.1 Å². The zero-order valence-electron chi connectivity index (χ0n) is 43.1. The highest BCUT2D eigenvalue weighted by Gasteiger charge is 2.49.